The standard InChI is InChI=1S/C19H20ClF2N3OS/c20-14-6-3-5-13(11-14)16(25-9-1-2-10-25)12-24-17(26)15-7-4-8-23-18(15)27-19(21)22/h3-8,11,16,19H,1-2,9-10,12H2,(H,24,26). The van der Waals surface area contributed by atoms with Crippen molar-refractivity contribution in [1.29, 1.82) is 0 Å². The van der Waals surface area contributed by atoms with Crippen LogP contribution in [-0.2, 0) is 0 Å². The number of carbonyl (C=O) groups is 1. The van der Waals surface area contributed by atoms with Gasteiger partial charge in [0, 0.05) is 17.8 Å². The van der Waals surface area contributed by atoms with Crippen molar-refractivity contribution < 1.29 is 13.6 Å². The number of hydrogen-bond acceptors (Lipinski definition) is 4. The van der Waals surface area contributed by atoms with Crippen LogP contribution in [0.1, 0.15) is 34.8 Å². The van der Waals surface area contributed by atoms with Crippen molar-refractivity contribution in [2.45, 2.75) is 29.7 Å². The summed E-state index contributed by atoms with van der Waals surface area (Å²) in [5.41, 5.74) is 1.19. The summed E-state index contributed by atoms with van der Waals surface area (Å²) in [4.78, 5) is 18.8. The van der Waals surface area contributed by atoms with E-state index < -0.39 is 11.7 Å². The van der Waals surface area contributed by atoms with Gasteiger partial charge in [0.05, 0.1) is 11.6 Å². The number of hydrogen-bond donors (Lipinski definition) is 1. The van der Waals surface area contributed by atoms with Gasteiger partial charge in [-0.1, -0.05) is 23.7 Å². The largest absolute Gasteiger partial charge is 0.350 e. The molecule has 0 aliphatic carbocycles. The second-order valence-corrected chi connectivity index (χ2v) is 7.67. The van der Waals surface area contributed by atoms with E-state index in [1.54, 1.807) is 6.07 Å². The van der Waals surface area contributed by atoms with Gasteiger partial charge in [-0.25, -0.2) is 4.98 Å². The van der Waals surface area contributed by atoms with Gasteiger partial charge in [0.15, 0.2) is 0 Å². The van der Waals surface area contributed by atoms with Crippen LogP contribution < -0.4 is 5.32 Å². The smallest absolute Gasteiger partial charge is 0.290 e. The van der Waals surface area contributed by atoms with Crippen molar-refractivity contribution in [2.24, 2.45) is 0 Å². The lowest BCUT2D eigenvalue weighted by Crippen LogP contribution is -2.37. The molecular formula is C19H20ClF2N3OS. The third-order valence-electron chi connectivity index (χ3n) is 4.49. The summed E-state index contributed by atoms with van der Waals surface area (Å²) in [5.74, 6) is -3.03. The lowest BCUT2D eigenvalue weighted by Gasteiger charge is -2.28. The van der Waals surface area contributed by atoms with Crippen molar-refractivity contribution in [3.8, 4) is 0 Å². The molecule has 1 fully saturated rings. The van der Waals surface area contributed by atoms with Gasteiger partial charge < -0.3 is 5.32 Å². The maximum Gasteiger partial charge on any atom is 0.290 e. The number of halogens is 3. The molecule has 27 heavy (non-hydrogen) atoms. The highest BCUT2D eigenvalue weighted by atomic mass is 35.5. The Kier molecular flexibility index (Phi) is 7.04. The minimum Gasteiger partial charge on any atom is -0.350 e. The van der Waals surface area contributed by atoms with Crippen LogP contribution in [0.4, 0.5) is 8.78 Å². The molecule has 0 bridgehead atoms. The first-order chi connectivity index (χ1) is 13.0. The topological polar surface area (TPSA) is 45.2 Å². The molecule has 2 heterocycles. The molecule has 1 aromatic heterocycles. The molecule has 8 heteroatoms. The first kappa shape index (κ1) is 20.0. The Morgan fingerprint density at radius 1 is 1.26 bits per heavy atom. The van der Waals surface area contributed by atoms with Gasteiger partial charge in [-0.3, -0.25) is 9.69 Å². The summed E-state index contributed by atoms with van der Waals surface area (Å²) in [5, 5.41) is 3.56. The van der Waals surface area contributed by atoms with E-state index in [-0.39, 0.29) is 28.4 Å². The van der Waals surface area contributed by atoms with E-state index in [1.165, 1.54) is 12.3 Å². The van der Waals surface area contributed by atoms with Gasteiger partial charge in [0.25, 0.3) is 11.7 Å². The average molecular weight is 412 g/mol. The van der Waals surface area contributed by atoms with Crippen LogP contribution in [0.2, 0.25) is 5.02 Å². The summed E-state index contributed by atoms with van der Waals surface area (Å²) < 4.78 is 25.4. The molecule has 1 N–H and O–H groups in total. The second-order valence-electron chi connectivity index (χ2n) is 6.26. The van der Waals surface area contributed by atoms with Crippen molar-refractivity contribution in [1.82, 2.24) is 15.2 Å². The van der Waals surface area contributed by atoms with Gasteiger partial charge in [-0.15, -0.1) is 0 Å². The van der Waals surface area contributed by atoms with Crippen LogP contribution in [0.25, 0.3) is 0 Å². The summed E-state index contributed by atoms with van der Waals surface area (Å²) in [6, 6.07) is 10.7. The third-order valence-corrected chi connectivity index (χ3v) is 5.45. The molecule has 1 amide bonds. The predicted octanol–water partition coefficient (Wildman–Crippen LogP) is 4.62. The molecule has 1 aromatic carbocycles. The number of benzene rings is 1. The Morgan fingerprint density at radius 2 is 2.04 bits per heavy atom. The maximum absolute atomic E-state index is 12.7. The van der Waals surface area contributed by atoms with Gasteiger partial charge in [0.1, 0.15) is 5.03 Å². The molecule has 1 aliphatic rings. The van der Waals surface area contributed by atoms with Crippen molar-refractivity contribution in [3.05, 3.63) is 58.7 Å². The van der Waals surface area contributed by atoms with Crippen LogP contribution in [-0.4, -0.2) is 41.2 Å². The van der Waals surface area contributed by atoms with E-state index in [4.69, 9.17) is 11.6 Å². The van der Waals surface area contributed by atoms with Crippen LogP contribution in [0.3, 0.4) is 0 Å². The predicted molar refractivity (Wildman–Crippen MR) is 103 cm³/mol. The highest BCUT2D eigenvalue weighted by Gasteiger charge is 2.25. The van der Waals surface area contributed by atoms with Crippen LogP contribution in [0.5, 0.6) is 0 Å². The Hall–Kier alpha value is -1.70. The number of carbonyl (C=O) groups excluding carboxylic acids is 1. The maximum atomic E-state index is 12.7. The summed E-state index contributed by atoms with van der Waals surface area (Å²) in [6.45, 7) is 2.27. The van der Waals surface area contributed by atoms with E-state index in [0.717, 1.165) is 31.5 Å². The number of rotatable bonds is 7. The fraction of sp³-hybridized carbons (Fsp3) is 0.368. The number of likely N-dealkylation sites (tertiary alicyclic amines) is 1. The third kappa shape index (κ3) is 5.40. The molecule has 0 radical (unpaired) electrons. The van der Waals surface area contributed by atoms with Gasteiger partial charge in [0.2, 0.25) is 0 Å². The molecular weight excluding hydrogens is 392 g/mol. The molecule has 0 spiro atoms. The number of aromatic nitrogens is 1. The average Bonchev–Trinajstić information content (AvgIpc) is 3.16. The zero-order chi connectivity index (χ0) is 19.2. The van der Waals surface area contributed by atoms with E-state index >= 15 is 0 Å². The van der Waals surface area contributed by atoms with Crippen molar-refractivity contribution in [3.63, 3.8) is 0 Å². The fourth-order valence-electron chi connectivity index (χ4n) is 3.25. The number of pyridine rings is 1. The molecule has 1 unspecified atom stereocenters. The Balaban J connectivity index is 1.75. The first-order valence-corrected chi connectivity index (χ1v) is 9.98. The van der Waals surface area contributed by atoms with Crippen LogP contribution in [0.15, 0.2) is 47.6 Å². The molecule has 3 rings (SSSR count). The molecule has 1 aliphatic heterocycles. The number of nitrogens with zero attached hydrogens (tertiary/aromatic N) is 2. The molecule has 0 saturated carbocycles. The van der Waals surface area contributed by atoms with E-state index in [1.807, 2.05) is 24.3 Å². The zero-order valence-electron chi connectivity index (χ0n) is 14.6. The molecule has 1 saturated heterocycles. The highest BCUT2D eigenvalue weighted by molar-refractivity contribution is 7.99. The fourth-order valence-corrected chi connectivity index (χ4v) is 4.03. The number of alkyl halides is 2. The minimum atomic E-state index is -2.63. The second kappa shape index (κ2) is 9.48. The van der Waals surface area contributed by atoms with Gasteiger partial charge in [-0.2, -0.15) is 8.78 Å². The van der Waals surface area contributed by atoms with Crippen molar-refractivity contribution in [2.75, 3.05) is 19.6 Å². The van der Waals surface area contributed by atoms with Crippen LogP contribution in [0, 0.1) is 0 Å². The Bertz CT molecular complexity index is 787. The summed E-state index contributed by atoms with van der Waals surface area (Å²) in [7, 11) is 0. The minimum absolute atomic E-state index is 0.0157. The normalized spacial score (nSPS) is 15.9. The molecule has 144 valence electrons. The number of amides is 1. The van der Waals surface area contributed by atoms with Gasteiger partial charge >= 0.3 is 0 Å². The molecule has 4 nitrogen and oxygen atoms in total. The van der Waals surface area contributed by atoms with Crippen LogP contribution >= 0.6 is 23.4 Å². The first-order valence-electron chi connectivity index (χ1n) is 8.72. The monoisotopic (exact) mass is 411 g/mol. The van der Waals surface area contributed by atoms with E-state index in [9.17, 15) is 13.6 Å². The Labute approximate surface area is 166 Å². The number of nitrogens with one attached hydrogen (secondary N) is 1. The Morgan fingerprint density at radius 3 is 2.74 bits per heavy atom. The zero-order valence-corrected chi connectivity index (χ0v) is 16.1. The van der Waals surface area contributed by atoms with E-state index in [2.05, 4.69) is 15.2 Å². The quantitative estimate of drug-likeness (QED) is 0.675. The molecule has 2 aromatic rings. The number of thioether (sulfide) groups is 1. The van der Waals surface area contributed by atoms with Crippen molar-refractivity contribution >= 4 is 29.3 Å². The SMILES string of the molecule is O=C(NCC(c1cccc(Cl)c1)N1CCCC1)c1cccnc1SC(F)F. The summed E-state index contributed by atoms with van der Waals surface area (Å²) in [6.07, 6.45) is 3.63. The molecule has 1 atom stereocenters. The summed E-state index contributed by atoms with van der Waals surface area (Å²) >= 11 is 6.41. The van der Waals surface area contributed by atoms with Gasteiger partial charge in [-0.05, 0) is 67.5 Å². The lowest BCUT2D eigenvalue weighted by atomic mass is 10.1. The highest BCUT2D eigenvalue weighted by Crippen LogP contribution is 2.28. The van der Waals surface area contributed by atoms with E-state index in [0.29, 0.717) is 11.6 Å². The lowest BCUT2D eigenvalue weighted by molar-refractivity contribution is 0.0934.